The molecule has 0 spiro atoms. The number of nitrogens with zero attached hydrogens (tertiary/aromatic N) is 2. The van der Waals surface area contributed by atoms with E-state index in [9.17, 15) is 0 Å². The second kappa shape index (κ2) is 8.30. The molecule has 0 bridgehead atoms. The van der Waals surface area contributed by atoms with E-state index in [2.05, 4.69) is 64.4 Å². The van der Waals surface area contributed by atoms with Gasteiger partial charge in [-0.2, -0.15) is 0 Å². The summed E-state index contributed by atoms with van der Waals surface area (Å²) in [6.45, 7) is 6.64. The van der Waals surface area contributed by atoms with Gasteiger partial charge in [-0.3, -0.25) is 9.80 Å². The van der Waals surface area contributed by atoms with Gasteiger partial charge >= 0.3 is 0 Å². The lowest BCUT2D eigenvalue weighted by Gasteiger charge is -2.34. The van der Waals surface area contributed by atoms with E-state index in [-0.39, 0.29) is 0 Å². The summed E-state index contributed by atoms with van der Waals surface area (Å²) in [5, 5.41) is 0.789. The highest BCUT2D eigenvalue weighted by Crippen LogP contribution is 2.11. The van der Waals surface area contributed by atoms with Crippen LogP contribution >= 0.6 is 11.6 Å². The van der Waals surface area contributed by atoms with Crippen molar-refractivity contribution in [2.75, 3.05) is 32.7 Å². The monoisotopic (exact) mass is 326 g/mol. The number of piperazine rings is 1. The van der Waals surface area contributed by atoms with E-state index >= 15 is 0 Å². The second-order valence-electron chi connectivity index (χ2n) is 6.02. The van der Waals surface area contributed by atoms with Crippen molar-refractivity contribution in [3.05, 3.63) is 76.8 Å². The quantitative estimate of drug-likeness (QED) is 0.813. The van der Waals surface area contributed by atoms with Crippen LogP contribution in [0.25, 0.3) is 6.08 Å². The number of hydrogen-bond acceptors (Lipinski definition) is 2. The van der Waals surface area contributed by atoms with E-state index in [4.69, 9.17) is 11.6 Å². The number of rotatable bonds is 5. The van der Waals surface area contributed by atoms with Crippen molar-refractivity contribution in [1.82, 2.24) is 9.80 Å². The fraction of sp³-hybridized carbons (Fsp3) is 0.300. The normalized spacial score (nSPS) is 16.9. The SMILES string of the molecule is Clc1ccc(/C=C/CN2CCN(Cc3ccccc3)CC2)cc1. The summed E-state index contributed by atoms with van der Waals surface area (Å²) in [7, 11) is 0. The Kier molecular flexibility index (Phi) is 5.87. The fourth-order valence-electron chi connectivity index (χ4n) is 2.88. The number of halogens is 1. The number of benzene rings is 2. The van der Waals surface area contributed by atoms with Crippen LogP contribution in [0.5, 0.6) is 0 Å². The molecule has 1 aliphatic heterocycles. The van der Waals surface area contributed by atoms with Crippen LogP contribution in [0.2, 0.25) is 5.02 Å². The third kappa shape index (κ3) is 5.21. The largest absolute Gasteiger partial charge is 0.297 e. The first-order valence-corrected chi connectivity index (χ1v) is 8.58. The Bertz CT molecular complexity index is 614. The Balaban J connectivity index is 1.41. The zero-order chi connectivity index (χ0) is 15.9. The third-order valence-corrected chi connectivity index (χ3v) is 4.51. The lowest BCUT2D eigenvalue weighted by molar-refractivity contribution is 0.137. The minimum atomic E-state index is 0.789. The second-order valence-corrected chi connectivity index (χ2v) is 6.45. The molecule has 0 unspecified atom stereocenters. The highest BCUT2D eigenvalue weighted by molar-refractivity contribution is 6.30. The maximum absolute atomic E-state index is 5.90. The summed E-state index contributed by atoms with van der Waals surface area (Å²) in [6, 6.07) is 18.7. The summed E-state index contributed by atoms with van der Waals surface area (Å²) < 4.78 is 0. The molecule has 0 saturated carbocycles. The Morgan fingerprint density at radius 2 is 1.48 bits per heavy atom. The Hall–Kier alpha value is -1.61. The van der Waals surface area contributed by atoms with Crippen molar-refractivity contribution in [2.24, 2.45) is 0 Å². The van der Waals surface area contributed by atoms with Crippen LogP contribution in [-0.2, 0) is 6.54 Å². The molecule has 1 fully saturated rings. The molecule has 3 rings (SSSR count). The smallest absolute Gasteiger partial charge is 0.0406 e. The molecule has 0 N–H and O–H groups in total. The van der Waals surface area contributed by atoms with E-state index in [1.54, 1.807) is 0 Å². The molecular weight excluding hydrogens is 304 g/mol. The van der Waals surface area contributed by atoms with Crippen molar-refractivity contribution in [1.29, 1.82) is 0 Å². The molecule has 2 nitrogen and oxygen atoms in total. The van der Waals surface area contributed by atoms with Gasteiger partial charge in [-0.25, -0.2) is 0 Å². The average molecular weight is 327 g/mol. The van der Waals surface area contributed by atoms with Gasteiger partial charge in [0.1, 0.15) is 0 Å². The van der Waals surface area contributed by atoms with E-state index in [0.29, 0.717) is 0 Å². The lowest BCUT2D eigenvalue weighted by atomic mass is 10.2. The van der Waals surface area contributed by atoms with E-state index < -0.39 is 0 Å². The van der Waals surface area contributed by atoms with Crippen molar-refractivity contribution >= 4 is 17.7 Å². The van der Waals surface area contributed by atoms with E-state index in [1.807, 2.05) is 12.1 Å². The molecule has 120 valence electrons. The third-order valence-electron chi connectivity index (χ3n) is 4.26. The molecule has 0 aliphatic carbocycles. The molecule has 1 saturated heterocycles. The minimum absolute atomic E-state index is 0.789. The molecule has 23 heavy (non-hydrogen) atoms. The summed E-state index contributed by atoms with van der Waals surface area (Å²) in [5.41, 5.74) is 2.61. The first kappa shape index (κ1) is 16.3. The lowest BCUT2D eigenvalue weighted by Crippen LogP contribution is -2.45. The van der Waals surface area contributed by atoms with Crippen LogP contribution in [0.1, 0.15) is 11.1 Å². The van der Waals surface area contributed by atoms with Crippen molar-refractivity contribution in [2.45, 2.75) is 6.54 Å². The Labute approximate surface area is 144 Å². The molecular formula is C20H23ClN2. The van der Waals surface area contributed by atoms with Crippen molar-refractivity contribution < 1.29 is 0 Å². The van der Waals surface area contributed by atoms with Gasteiger partial charge in [0, 0.05) is 44.3 Å². The average Bonchev–Trinajstić information content (AvgIpc) is 2.59. The van der Waals surface area contributed by atoms with Gasteiger partial charge in [-0.15, -0.1) is 0 Å². The molecule has 3 heteroatoms. The Morgan fingerprint density at radius 3 is 2.17 bits per heavy atom. The zero-order valence-electron chi connectivity index (χ0n) is 13.4. The van der Waals surface area contributed by atoms with Crippen LogP contribution < -0.4 is 0 Å². The first-order valence-electron chi connectivity index (χ1n) is 8.20. The van der Waals surface area contributed by atoms with Crippen LogP contribution in [-0.4, -0.2) is 42.5 Å². The van der Waals surface area contributed by atoms with Gasteiger partial charge in [-0.05, 0) is 23.3 Å². The van der Waals surface area contributed by atoms with Gasteiger partial charge in [0.05, 0.1) is 0 Å². The molecule has 0 atom stereocenters. The Morgan fingerprint density at radius 1 is 0.826 bits per heavy atom. The molecule has 0 radical (unpaired) electrons. The first-order chi connectivity index (χ1) is 11.3. The molecule has 2 aromatic rings. The zero-order valence-corrected chi connectivity index (χ0v) is 14.1. The van der Waals surface area contributed by atoms with Crippen LogP contribution in [0.4, 0.5) is 0 Å². The number of hydrogen-bond donors (Lipinski definition) is 0. The van der Waals surface area contributed by atoms with E-state index in [1.165, 1.54) is 11.1 Å². The van der Waals surface area contributed by atoms with E-state index in [0.717, 1.165) is 44.3 Å². The highest BCUT2D eigenvalue weighted by atomic mass is 35.5. The molecule has 2 aromatic carbocycles. The molecule has 1 heterocycles. The summed E-state index contributed by atoms with van der Waals surface area (Å²) in [5.74, 6) is 0. The summed E-state index contributed by atoms with van der Waals surface area (Å²) in [6.07, 6.45) is 4.42. The van der Waals surface area contributed by atoms with Crippen molar-refractivity contribution in [3.63, 3.8) is 0 Å². The standard InChI is InChI=1S/C20H23ClN2/c21-20-10-8-18(9-11-20)7-4-12-22-13-15-23(16-14-22)17-19-5-2-1-3-6-19/h1-11H,12-17H2/b7-4+. The predicted octanol–water partition coefficient (Wildman–Crippen LogP) is 4.17. The predicted molar refractivity (Wildman–Crippen MR) is 98.6 cm³/mol. The van der Waals surface area contributed by atoms with Crippen LogP contribution in [0.3, 0.4) is 0 Å². The topological polar surface area (TPSA) is 6.48 Å². The maximum atomic E-state index is 5.90. The molecule has 0 amide bonds. The molecule has 0 aromatic heterocycles. The van der Waals surface area contributed by atoms with Gasteiger partial charge in [0.2, 0.25) is 0 Å². The van der Waals surface area contributed by atoms with Gasteiger partial charge < -0.3 is 0 Å². The van der Waals surface area contributed by atoms with Gasteiger partial charge in [0.15, 0.2) is 0 Å². The van der Waals surface area contributed by atoms with Gasteiger partial charge in [-0.1, -0.05) is 66.2 Å². The summed E-state index contributed by atoms with van der Waals surface area (Å²) in [4.78, 5) is 5.04. The van der Waals surface area contributed by atoms with Crippen LogP contribution in [0.15, 0.2) is 60.7 Å². The van der Waals surface area contributed by atoms with Crippen LogP contribution in [0, 0.1) is 0 Å². The van der Waals surface area contributed by atoms with Gasteiger partial charge in [0.25, 0.3) is 0 Å². The molecule has 1 aliphatic rings. The maximum Gasteiger partial charge on any atom is 0.0406 e. The summed E-state index contributed by atoms with van der Waals surface area (Å²) >= 11 is 5.90. The minimum Gasteiger partial charge on any atom is -0.297 e. The fourth-order valence-corrected chi connectivity index (χ4v) is 3.01. The highest BCUT2D eigenvalue weighted by Gasteiger charge is 2.15. The van der Waals surface area contributed by atoms with Crippen molar-refractivity contribution in [3.8, 4) is 0 Å².